The van der Waals surface area contributed by atoms with E-state index in [2.05, 4.69) is 22.5 Å². The van der Waals surface area contributed by atoms with Gasteiger partial charge in [0.15, 0.2) is 0 Å². The van der Waals surface area contributed by atoms with E-state index in [1.165, 1.54) is 0 Å². The summed E-state index contributed by atoms with van der Waals surface area (Å²) in [5.41, 5.74) is 7.43. The molecule has 0 radical (unpaired) electrons. The fraction of sp³-hybridized carbons (Fsp3) is 0.667. The zero-order valence-corrected chi connectivity index (χ0v) is 17.5. The standard InChI is InChI=1S/C21H29ClN4O3/c1-21(6-8-29-9-7-21)17-14(24-11-27)10-15(25-19(17)22)26-20(28)18(23)16(12-2-3-12)13-4-5-13/h10-13,16,18H,2-9,23H2,1H3,(H2,24,25,26,27,28). The Labute approximate surface area is 176 Å². The summed E-state index contributed by atoms with van der Waals surface area (Å²) in [6.07, 6.45) is 6.83. The highest BCUT2D eigenvalue weighted by atomic mass is 35.5. The second-order valence-electron chi connectivity index (χ2n) is 8.92. The molecule has 2 saturated carbocycles. The minimum atomic E-state index is -0.550. The molecule has 0 bridgehead atoms. The Bertz CT molecular complexity index is 776. The van der Waals surface area contributed by atoms with Gasteiger partial charge >= 0.3 is 0 Å². The van der Waals surface area contributed by atoms with E-state index in [0.29, 0.717) is 43.0 Å². The highest BCUT2D eigenvalue weighted by Gasteiger charge is 2.46. The van der Waals surface area contributed by atoms with Crippen LogP contribution >= 0.6 is 11.6 Å². The molecule has 2 amide bonds. The van der Waals surface area contributed by atoms with Gasteiger partial charge in [-0.25, -0.2) is 4.98 Å². The summed E-state index contributed by atoms with van der Waals surface area (Å²) in [4.78, 5) is 28.5. The van der Waals surface area contributed by atoms with Gasteiger partial charge in [-0.1, -0.05) is 18.5 Å². The van der Waals surface area contributed by atoms with E-state index in [1.54, 1.807) is 6.07 Å². The van der Waals surface area contributed by atoms with E-state index in [1.807, 2.05) is 0 Å². The highest BCUT2D eigenvalue weighted by molar-refractivity contribution is 6.31. The number of rotatable bonds is 8. The van der Waals surface area contributed by atoms with Crippen molar-refractivity contribution >= 4 is 35.4 Å². The van der Waals surface area contributed by atoms with Crippen LogP contribution in [0.1, 0.15) is 51.0 Å². The van der Waals surface area contributed by atoms with Gasteiger partial charge in [-0.2, -0.15) is 0 Å². The van der Waals surface area contributed by atoms with E-state index >= 15 is 0 Å². The van der Waals surface area contributed by atoms with Crippen LogP contribution in [0.5, 0.6) is 0 Å². The molecule has 7 nitrogen and oxygen atoms in total. The first-order valence-electron chi connectivity index (χ1n) is 10.5. The van der Waals surface area contributed by atoms with Crippen molar-refractivity contribution in [1.29, 1.82) is 0 Å². The summed E-state index contributed by atoms with van der Waals surface area (Å²) in [6.45, 7) is 3.35. The van der Waals surface area contributed by atoms with Crippen LogP contribution < -0.4 is 16.4 Å². The third kappa shape index (κ3) is 4.42. The Hall–Kier alpha value is -1.70. The van der Waals surface area contributed by atoms with Crippen LogP contribution in [0, 0.1) is 17.8 Å². The summed E-state index contributed by atoms with van der Waals surface area (Å²) in [6, 6.07) is 1.12. The van der Waals surface area contributed by atoms with Crippen LogP contribution in [0.15, 0.2) is 6.07 Å². The molecule has 1 saturated heterocycles. The maximum atomic E-state index is 12.8. The molecule has 0 aromatic carbocycles. The molecule has 4 N–H and O–H groups in total. The maximum absolute atomic E-state index is 12.8. The van der Waals surface area contributed by atoms with Crippen molar-refractivity contribution in [2.45, 2.75) is 56.9 Å². The van der Waals surface area contributed by atoms with Crippen molar-refractivity contribution < 1.29 is 14.3 Å². The Morgan fingerprint density at radius 1 is 1.31 bits per heavy atom. The van der Waals surface area contributed by atoms with Crippen LogP contribution in [-0.4, -0.2) is 36.6 Å². The van der Waals surface area contributed by atoms with Gasteiger partial charge in [0.1, 0.15) is 11.0 Å². The number of hydrogen-bond acceptors (Lipinski definition) is 5. The molecule has 1 aliphatic heterocycles. The largest absolute Gasteiger partial charge is 0.381 e. The lowest BCUT2D eigenvalue weighted by Crippen LogP contribution is -2.44. The first kappa shape index (κ1) is 20.6. The van der Waals surface area contributed by atoms with Gasteiger partial charge in [0, 0.05) is 30.3 Å². The van der Waals surface area contributed by atoms with Gasteiger partial charge in [-0.3, -0.25) is 9.59 Å². The van der Waals surface area contributed by atoms with Crippen molar-refractivity contribution in [3.63, 3.8) is 0 Å². The van der Waals surface area contributed by atoms with Crippen LogP contribution in [0.4, 0.5) is 11.5 Å². The van der Waals surface area contributed by atoms with E-state index < -0.39 is 6.04 Å². The molecule has 8 heteroatoms. The molecule has 4 rings (SSSR count). The predicted molar refractivity (Wildman–Crippen MR) is 112 cm³/mol. The number of nitrogens with two attached hydrogens (primary N) is 1. The molecular formula is C21H29ClN4O3. The first-order chi connectivity index (χ1) is 13.9. The third-order valence-corrected chi connectivity index (χ3v) is 6.96. The lowest BCUT2D eigenvalue weighted by atomic mass is 9.76. The number of amides is 2. The van der Waals surface area contributed by atoms with Crippen LogP contribution in [0.2, 0.25) is 5.15 Å². The van der Waals surface area contributed by atoms with E-state index in [0.717, 1.165) is 44.1 Å². The molecule has 0 spiro atoms. The van der Waals surface area contributed by atoms with Crippen LogP contribution in [-0.2, 0) is 19.7 Å². The number of aromatic nitrogens is 1. The highest BCUT2D eigenvalue weighted by Crippen LogP contribution is 2.50. The SMILES string of the molecule is CC1(c2c(NC=O)cc(NC(=O)C(N)C(C3CC3)C3CC3)nc2Cl)CCOCC1. The van der Waals surface area contributed by atoms with Gasteiger partial charge in [-0.15, -0.1) is 0 Å². The Kier molecular flexibility index (Phi) is 5.82. The fourth-order valence-corrected chi connectivity index (χ4v) is 5.14. The Morgan fingerprint density at radius 3 is 2.48 bits per heavy atom. The van der Waals surface area contributed by atoms with E-state index in [9.17, 15) is 9.59 Å². The number of carbonyl (C=O) groups excluding carboxylic acids is 2. The predicted octanol–water partition coefficient (Wildman–Crippen LogP) is 3.07. The zero-order chi connectivity index (χ0) is 20.6. The third-order valence-electron chi connectivity index (χ3n) is 6.69. The number of anilines is 2. The second kappa shape index (κ2) is 8.20. The topological polar surface area (TPSA) is 106 Å². The van der Waals surface area contributed by atoms with Crippen molar-refractivity contribution in [1.82, 2.24) is 4.98 Å². The molecular weight excluding hydrogens is 392 g/mol. The smallest absolute Gasteiger partial charge is 0.242 e. The first-order valence-corrected chi connectivity index (χ1v) is 10.9. The van der Waals surface area contributed by atoms with E-state index in [4.69, 9.17) is 22.1 Å². The quantitative estimate of drug-likeness (QED) is 0.442. The number of nitrogens with zero attached hydrogens (tertiary/aromatic N) is 1. The number of ether oxygens (including phenoxy) is 1. The molecule has 2 aliphatic carbocycles. The summed E-state index contributed by atoms with van der Waals surface area (Å²) in [5, 5.41) is 5.85. The van der Waals surface area contributed by atoms with Crippen LogP contribution in [0.3, 0.4) is 0 Å². The molecule has 2 heterocycles. The lowest BCUT2D eigenvalue weighted by Gasteiger charge is -2.35. The number of halogens is 1. The molecule has 1 unspecified atom stereocenters. The Balaban J connectivity index is 1.56. The maximum Gasteiger partial charge on any atom is 0.242 e. The van der Waals surface area contributed by atoms with Gasteiger partial charge in [0.25, 0.3) is 0 Å². The van der Waals surface area contributed by atoms with E-state index in [-0.39, 0.29) is 22.4 Å². The van der Waals surface area contributed by atoms with Crippen LogP contribution in [0.25, 0.3) is 0 Å². The Morgan fingerprint density at radius 2 is 1.93 bits per heavy atom. The minimum Gasteiger partial charge on any atom is -0.381 e. The molecule has 1 atom stereocenters. The monoisotopic (exact) mass is 420 g/mol. The average Bonchev–Trinajstić information content (AvgIpc) is 3.57. The van der Waals surface area contributed by atoms with Crippen molar-refractivity contribution in [2.75, 3.05) is 23.8 Å². The summed E-state index contributed by atoms with van der Waals surface area (Å²) in [7, 11) is 0. The molecule has 3 fully saturated rings. The number of hydrogen-bond donors (Lipinski definition) is 3. The number of carbonyl (C=O) groups is 2. The van der Waals surface area contributed by atoms with Gasteiger partial charge < -0.3 is 21.1 Å². The summed E-state index contributed by atoms with van der Waals surface area (Å²) < 4.78 is 5.48. The summed E-state index contributed by atoms with van der Waals surface area (Å²) in [5.74, 6) is 1.47. The molecule has 1 aromatic heterocycles. The molecule has 158 valence electrons. The zero-order valence-electron chi connectivity index (χ0n) is 16.7. The number of nitrogens with one attached hydrogen (secondary N) is 2. The van der Waals surface area contributed by atoms with Gasteiger partial charge in [0.2, 0.25) is 12.3 Å². The van der Waals surface area contributed by atoms with Crippen molar-refractivity contribution in [3.8, 4) is 0 Å². The van der Waals surface area contributed by atoms with Gasteiger partial charge in [-0.05, 0) is 56.3 Å². The van der Waals surface area contributed by atoms with Gasteiger partial charge in [0.05, 0.1) is 11.7 Å². The normalized spacial score (nSPS) is 22.2. The summed E-state index contributed by atoms with van der Waals surface area (Å²) >= 11 is 6.55. The fourth-order valence-electron chi connectivity index (χ4n) is 4.72. The molecule has 29 heavy (non-hydrogen) atoms. The van der Waals surface area contributed by atoms with Crippen molar-refractivity contribution in [3.05, 3.63) is 16.8 Å². The molecule has 1 aromatic rings. The minimum absolute atomic E-state index is 0.237. The second-order valence-corrected chi connectivity index (χ2v) is 9.28. The lowest BCUT2D eigenvalue weighted by molar-refractivity contribution is -0.119. The van der Waals surface area contributed by atoms with Crippen molar-refractivity contribution in [2.24, 2.45) is 23.5 Å². The average molecular weight is 421 g/mol. The molecule has 3 aliphatic rings. The number of pyridine rings is 1.